The second-order valence-electron chi connectivity index (χ2n) is 8.94. The van der Waals surface area contributed by atoms with Crippen molar-refractivity contribution < 1.29 is 39.5 Å². The Balaban J connectivity index is 1.60. The van der Waals surface area contributed by atoms with Crippen LogP contribution in [0.1, 0.15) is 24.6 Å². The maximum atomic E-state index is 12.1. The van der Waals surface area contributed by atoms with Crippen LogP contribution in [0.2, 0.25) is 5.28 Å². The van der Waals surface area contributed by atoms with Crippen molar-refractivity contribution in [1.29, 1.82) is 0 Å². The zero-order valence-corrected chi connectivity index (χ0v) is 21.2. The van der Waals surface area contributed by atoms with E-state index in [0.29, 0.717) is 16.9 Å². The number of carbonyl (C=O) groups is 2. The summed E-state index contributed by atoms with van der Waals surface area (Å²) >= 11 is 6.12. The maximum Gasteiger partial charge on any atom is 0.348 e. The van der Waals surface area contributed by atoms with E-state index in [-0.39, 0.29) is 17.0 Å². The first-order chi connectivity index (χ1) is 18.7. The number of fused-ring (bicyclic) bond motifs is 1. The molecule has 0 spiro atoms. The molecule has 0 amide bonds. The lowest BCUT2D eigenvalue weighted by Gasteiger charge is -2.30. The number of benzene rings is 1. The molecule has 1 aliphatic carbocycles. The molecule has 2 heterocycles. The Kier molecular flexibility index (Phi) is 8.63. The molecule has 4 rings (SSSR count). The van der Waals surface area contributed by atoms with Crippen LogP contribution in [0.15, 0.2) is 36.7 Å². The van der Waals surface area contributed by atoms with Crippen molar-refractivity contribution in [2.45, 2.75) is 49.3 Å². The number of carboxylic acid groups (broad SMARTS) is 2. The highest BCUT2D eigenvalue weighted by Gasteiger charge is 2.49. The smallest absolute Gasteiger partial charge is 0.348 e. The minimum Gasteiger partial charge on any atom is -0.479 e. The molecule has 0 saturated heterocycles. The van der Waals surface area contributed by atoms with Gasteiger partial charge in [-0.3, -0.25) is 4.57 Å². The number of rotatable bonds is 14. The van der Waals surface area contributed by atoms with Crippen LogP contribution in [0.3, 0.4) is 0 Å². The molecule has 0 radical (unpaired) electrons. The van der Waals surface area contributed by atoms with Gasteiger partial charge in [-0.1, -0.05) is 36.3 Å². The first kappa shape index (κ1) is 28.2. The van der Waals surface area contributed by atoms with Gasteiger partial charge in [0.1, 0.15) is 6.10 Å². The molecular weight excluding hydrogens is 534 g/mol. The Hall–Kier alpha value is -3.80. The zero-order chi connectivity index (χ0) is 28.2. The summed E-state index contributed by atoms with van der Waals surface area (Å²) in [6, 6.07) is 8.31. The van der Waals surface area contributed by atoms with Crippen LogP contribution >= 0.6 is 11.6 Å². The lowest BCUT2D eigenvalue weighted by atomic mass is 9.94. The fourth-order valence-electron chi connectivity index (χ4n) is 3.84. The summed E-state index contributed by atoms with van der Waals surface area (Å²) in [5, 5.41) is 43.3. The quantitative estimate of drug-likeness (QED) is 0.107. The van der Waals surface area contributed by atoms with Crippen LogP contribution < -0.4 is 5.32 Å². The number of hydrogen-bond donors (Lipinski definition) is 5. The molecule has 0 unspecified atom stereocenters. The van der Waals surface area contributed by atoms with Crippen LogP contribution in [0.25, 0.3) is 11.2 Å². The number of terminal acetylenes is 1. The SMILES string of the molecule is C#C[C@@H](O)[C@@H](O[C@@H](CO)COC(Cc1ccccc1)(C(=O)O)C(=O)O)n1cnc2c(NC3CC3)nc(Cl)nc21. The molecule has 3 aromatic rings. The highest BCUT2D eigenvalue weighted by atomic mass is 35.5. The predicted octanol–water partition coefficient (Wildman–Crippen LogP) is 1.09. The number of carboxylic acids is 2. The van der Waals surface area contributed by atoms with Gasteiger partial charge in [-0.25, -0.2) is 14.6 Å². The first-order valence-electron chi connectivity index (χ1n) is 11.9. The van der Waals surface area contributed by atoms with Gasteiger partial charge in [-0.15, -0.1) is 6.42 Å². The summed E-state index contributed by atoms with van der Waals surface area (Å²) in [5.74, 6) is -0.951. The van der Waals surface area contributed by atoms with Crippen LogP contribution in [-0.2, 0) is 25.5 Å². The molecule has 5 N–H and O–H groups in total. The highest BCUT2D eigenvalue weighted by Crippen LogP contribution is 2.30. The number of aliphatic hydroxyl groups is 2. The van der Waals surface area contributed by atoms with Gasteiger partial charge in [-0.05, 0) is 30.0 Å². The molecule has 1 aromatic carbocycles. The standard InChI is InChI=1S/C25H26ClN5O8/c1-2-17(33)21(31-13-27-18-19(28-15-8-9-15)29-24(26)30-20(18)31)39-16(11-32)12-38-25(22(34)35,23(36)37)10-14-6-4-3-5-7-14/h1,3-7,13,15-17,21,32-33H,8-12H2,(H,34,35)(H,36,37)(H,28,29,30)/t16-,17+,21+/m0/s1. The van der Waals surface area contributed by atoms with Gasteiger partial charge >= 0.3 is 11.9 Å². The summed E-state index contributed by atoms with van der Waals surface area (Å²) in [6.45, 7) is -1.40. The topological polar surface area (TPSA) is 189 Å². The number of nitrogens with one attached hydrogen (secondary N) is 1. The van der Waals surface area contributed by atoms with E-state index in [1.54, 1.807) is 30.3 Å². The van der Waals surface area contributed by atoms with Crippen LogP contribution in [0.5, 0.6) is 0 Å². The van der Waals surface area contributed by atoms with Crippen molar-refractivity contribution in [3.05, 3.63) is 47.5 Å². The Morgan fingerprint density at radius 1 is 1.23 bits per heavy atom. The van der Waals surface area contributed by atoms with Gasteiger partial charge in [0.05, 0.1) is 19.5 Å². The Morgan fingerprint density at radius 3 is 2.51 bits per heavy atom. The molecule has 0 aliphatic heterocycles. The number of aliphatic carboxylic acids is 2. The third-order valence-electron chi connectivity index (χ3n) is 6.07. The van der Waals surface area contributed by atoms with Crippen molar-refractivity contribution in [3.8, 4) is 12.3 Å². The lowest BCUT2D eigenvalue weighted by molar-refractivity contribution is -0.195. The molecule has 2 aromatic heterocycles. The van der Waals surface area contributed by atoms with Gasteiger partial charge in [0.2, 0.25) is 5.28 Å². The number of anilines is 1. The van der Waals surface area contributed by atoms with Gasteiger partial charge in [0.25, 0.3) is 5.60 Å². The number of aliphatic hydroxyl groups excluding tert-OH is 2. The van der Waals surface area contributed by atoms with Gasteiger partial charge < -0.3 is 35.2 Å². The van der Waals surface area contributed by atoms with Gasteiger partial charge in [-0.2, -0.15) is 9.97 Å². The molecule has 0 bridgehead atoms. The van der Waals surface area contributed by atoms with E-state index in [0.717, 1.165) is 12.8 Å². The number of halogens is 1. The summed E-state index contributed by atoms with van der Waals surface area (Å²) in [7, 11) is 0. The van der Waals surface area contributed by atoms with Crippen molar-refractivity contribution in [2.24, 2.45) is 0 Å². The number of hydrogen-bond acceptors (Lipinski definition) is 10. The summed E-state index contributed by atoms with van der Waals surface area (Å²) < 4.78 is 12.5. The second-order valence-corrected chi connectivity index (χ2v) is 9.28. The Labute approximate surface area is 227 Å². The first-order valence-corrected chi connectivity index (χ1v) is 12.3. The summed E-state index contributed by atoms with van der Waals surface area (Å²) in [5.41, 5.74) is -1.77. The second kappa shape index (κ2) is 11.9. The molecule has 206 valence electrons. The van der Waals surface area contributed by atoms with E-state index < -0.39 is 55.6 Å². The molecule has 39 heavy (non-hydrogen) atoms. The van der Waals surface area contributed by atoms with Crippen LogP contribution in [-0.4, -0.2) is 88.9 Å². The number of imidazole rings is 1. The van der Waals surface area contributed by atoms with E-state index in [2.05, 4.69) is 26.2 Å². The fourth-order valence-corrected chi connectivity index (χ4v) is 4.00. The number of aromatic nitrogens is 4. The molecule has 1 saturated carbocycles. The van der Waals surface area contributed by atoms with E-state index in [1.807, 2.05) is 0 Å². The van der Waals surface area contributed by atoms with Crippen LogP contribution in [0.4, 0.5) is 5.82 Å². The molecule has 3 atom stereocenters. The fraction of sp³-hybridized carbons (Fsp3) is 0.400. The Morgan fingerprint density at radius 2 is 1.92 bits per heavy atom. The normalized spacial score (nSPS) is 15.8. The largest absolute Gasteiger partial charge is 0.479 e. The zero-order valence-electron chi connectivity index (χ0n) is 20.5. The number of ether oxygens (including phenoxy) is 2. The lowest BCUT2D eigenvalue weighted by Crippen LogP contribution is -2.52. The highest BCUT2D eigenvalue weighted by molar-refractivity contribution is 6.28. The van der Waals surface area contributed by atoms with Gasteiger partial charge in [0, 0.05) is 12.5 Å². The average Bonchev–Trinajstić information content (AvgIpc) is 3.64. The summed E-state index contributed by atoms with van der Waals surface area (Å²) in [6.07, 6.45) is 3.88. The molecule has 1 aliphatic rings. The van der Waals surface area contributed by atoms with E-state index in [4.69, 9.17) is 27.5 Å². The number of nitrogens with zero attached hydrogens (tertiary/aromatic N) is 4. The molecule has 13 nitrogen and oxygen atoms in total. The summed E-state index contributed by atoms with van der Waals surface area (Å²) in [4.78, 5) is 36.9. The van der Waals surface area contributed by atoms with E-state index >= 15 is 0 Å². The monoisotopic (exact) mass is 559 g/mol. The van der Waals surface area contributed by atoms with Crippen molar-refractivity contribution >= 4 is 40.5 Å². The minimum atomic E-state index is -2.68. The van der Waals surface area contributed by atoms with Crippen molar-refractivity contribution in [1.82, 2.24) is 19.5 Å². The average molecular weight is 560 g/mol. The third kappa shape index (κ3) is 6.27. The van der Waals surface area contributed by atoms with Crippen LogP contribution in [0, 0.1) is 12.3 Å². The molecule has 1 fully saturated rings. The minimum absolute atomic E-state index is 0.1000. The van der Waals surface area contributed by atoms with E-state index in [1.165, 1.54) is 10.9 Å². The molecule has 14 heteroatoms. The Bertz CT molecular complexity index is 1360. The van der Waals surface area contributed by atoms with Gasteiger partial charge in [0.15, 0.2) is 29.3 Å². The van der Waals surface area contributed by atoms with Crippen molar-refractivity contribution in [2.75, 3.05) is 18.5 Å². The predicted molar refractivity (Wildman–Crippen MR) is 137 cm³/mol. The molecular formula is C25H26ClN5O8. The third-order valence-corrected chi connectivity index (χ3v) is 6.23. The van der Waals surface area contributed by atoms with Crippen molar-refractivity contribution in [3.63, 3.8) is 0 Å². The maximum absolute atomic E-state index is 12.1. The van der Waals surface area contributed by atoms with E-state index in [9.17, 15) is 30.0 Å².